The second-order valence-electron chi connectivity index (χ2n) is 8.38. The summed E-state index contributed by atoms with van der Waals surface area (Å²) in [6.45, 7) is 6.17. The number of benzene rings is 1. The maximum atomic E-state index is 13.1. The maximum Gasteiger partial charge on any atom is 0.237 e. The fourth-order valence-corrected chi connectivity index (χ4v) is 4.15. The minimum absolute atomic E-state index is 0.0829. The molecule has 1 heterocycles. The summed E-state index contributed by atoms with van der Waals surface area (Å²) in [6, 6.07) is 8.16. The van der Waals surface area contributed by atoms with Crippen molar-refractivity contribution in [2.75, 3.05) is 38.2 Å². The molecule has 6 nitrogen and oxygen atoms in total. The van der Waals surface area contributed by atoms with E-state index >= 15 is 0 Å². The number of carbonyl (C=O) groups is 2. The van der Waals surface area contributed by atoms with Crippen molar-refractivity contribution >= 4 is 17.5 Å². The van der Waals surface area contributed by atoms with Crippen LogP contribution in [0.5, 0.6) is 5.75 Å². The summed E-state index contributed by atoms with van der Waals surface area (Å²) in [4.78, 5) is 30.0. The molecule has 1 aromatic rings. The van der Waals surface area contributed by atoms with Crippen LogP contribution < -0.4 is 15.0 Å². The van der Waals surface area contributed by atoms with Crippen LogP contribution in [-0.4, -0.2) is 56.0 Å². The summed E-state index contributed by atoms with van der Waals surface area (Å²) in [5.74, 6) is 0.617. The molecule has 0 bridgehead atoms. The van der Waals surface area contributed by atoms with E-state index in [1.165, 1.54) is 6.42 Å². The van der Waals surface area contributed by atoms with Crippen LogP contribution >= 0.6 is 0 Å². The average Bonchev–Trinajstić information content (AvgIpc) is 2.74. The lowest BCUT2D eigenvalue weighted by Gasteiger charge is -2.39. The molecule has 3 rings (SSSR count). The molecule has 28 heavy (non-hydrogen) atoms. The Bertz CT molecular complexity index is 690. The molecule has 6 heteroatoms. The van der Waals surface area contributed by atoms with Gasteiger partial charge in [-0.15, -0.1) is 0 Å². The number of methoxy groups -OCH3 is 1. The van der Waals surface area contributed by atoms with Crippen LogP contribution in [0.3, 0.4) is 0 Å². The van der Waals surface area contributed by atoms with Gasteiger partial charge in [0, 0.05) is 32.2 Å². The van der Waals surface area contributed by atoms with Crippen LogP contribution in [0.15, 0.2) is 24.3 Å². The minimum Gasteiger partial charge on any atom is -0.495 e. The van der Waals surface area contributed by atoms with Gasteiger partial charge in [-0.3, -0.25) is 9.59 Å². The van der Waals surface area contributed by atoms with Gasteiger partial charge in [-0.1, -0.05) is 31.4 Å². The smallest absolute Gasteiger partial charge is 0.237 e. The molecule has 0 unspecified atom stereocenters. The van der Waals surface area contributed by atoms with Crippen LogP contribution in [0.2, 0.25) is 0 Å². The third-order valence-corrected chi connectivity index (χ3v) is 6.04. The van der Waals surface area contributed by atoms with Gasteiger partial charge in [0.25, 0.3) is 0 Å². The number of rotatable bonds is 5. The Morgan fingerprint density at radius 1 is 1.04 bits per heavy atom. The van der Waals surface area contributed by atoms with E-state index in [-0.39, 0.29) is 17.9 Å². The van der Waals surface area contributed by atoms with E-state index < -0.39 is 5.41 Å². The first-order valence-corrected chi connectivity index (χ1v) is 10.4. The lowest BCUT2D eigenvalue weighted by atomic mass is 9.88. The molecule has 2 amide bonds. The highest BCUT2D eigenvalue weighted by Gasteiger charge is 2.40. The van der Waals surface area contributed by atoms with Crippen molar-refractivity contribution in [3.05, 3.63) is 24.3 Å². The van der Waals surface area contributed by atoms with E-state index in [2.05, 4.69) is 10.2 Å². The van der Waals surface area contributed by atoms with Crippen LogP contribution in [0.25, 0.3) is 0 Å². The highest BCUT2D eigenvalue weighted by molar-refractivity contribution is 6.04. The Labute approximate surface area is 168 Å². The van der Waals surface area contributed by atoms with Crippen molar-refractivity contribution in [2.45, 2.75) is 52.0 Å². The average molecular weight is 388 g/mol. The third kappa shape index (κ3) is 4.42. The minimum atomic E-state index is -1.04. The number of nitrogens with zero attached hydrogens (tertiary/aromatic N) is 2. The number of anilines is 1. The fraction of sp³-hybridized carbons (Fsp3) is 0.636. The van der Waals surface area contributed by atoms with Gasteiger partial charge in [0.05, 0.1) is 12.8 Å². The molecule has 2 aliphatic rings. The first-order valence-electron chi connectivity index (χ1n) is 10.4. The second-order valence-corrected chi connectivity index (χ2v) is 8.38. The summed E-state index contributed by atoms with van der Waals surface area (Å²) < 4.78 is 5.46. The third-order valence-electron chi connectivity index (χ3n) is 6.04. The molecule has 0 radical (unpaired) electrons. The quantitative estimate of drug-likeness (QED) is 0.789. The van der Waals surface area contributed by atoms with Crippen LogP contribution in [0, 0.1) is 5.41 Å². The van der Waals surface area contributed by atoms with E-state index in [0.29, 0.717) is 13.1 Å². The summed E-state index contributed by atoms with van der Waals surface area (Å²) in [5.41, 5.74) is 0.00995. The van der Waals surface area contributed by atoms with Crippen molar-refractivity contribution in [3.63, 3.8) is 0 Å². The van der Waals surface area contributed by atoms with Crippen molar-refractivity contribution < 1.29 is 14.3 Å². The number of nitrogens with one attached hydrogen (secondary N) is 1. The topological polar surface area (TPSA) is 61.9 Å². The van der Waals surface area contributed by atoms with Crippen molar-refractivity contribution in [3.8, 4) is 5.75 Å². The van der Waals surface area contributed by atoms with Crippen molar-refractivity contribution in [1.82, 2.24) is 10.2 Å². The van der Waals surface area contributed by atoms with Crippen molar-refractivity contribution in [2.24, 2.45) is 5.41 Å². The number of hydrogen-bond donors (Lipinski definition) is 1. The first kappa shape index (κ1) is 20.5. The molecule has 1 aliphatic heterocycles. The second kappa shape index (κ2) is 8.84. The Kier molecular flexibility index (Phi) is 6.47. The van der Waals surface area contributed by atoms with Crippen molar-refractivity contribution in [1.29, 1.82) is 0 Å². The molecule has 1 N–H and O–H groups in total. The summed E-state index contributed by atoms with van der Waals surface area (Å²) in [6.07, 6.45) is 5.60. The lowest BCUT2D eigenvalue weighted by Crippen LogP contribution is -2.56. The van der Waals surface area contributed by atoms with E-state index in [1.807, 2.05) is 29.2 Å². The Hall–Kier alpha value is -2.24. The molecular weight excluding hydrogens is 354 g/mol. The van der Waals surface area contributed by atoms with Crippen LogP contribution in [-0.2, 0) is 9.59 Å². The number of ether oxygens (including phenoxy) is 1. The highest BCUT2D eigenvalue weighted by atomic mass is 16.5. The van der Waals surface area contributed by atoms with Gasteiger partial charge in [0.2, 0.25) is 11.8 Å². The molecule has 154 valence electrons. The summed E-state index contributed by atoms with van der Waals surface area (Å²) in [5, 5.41) is 3.12. The van der Waals surface area contributed by atoms with Crippen LogP contribution in [0.1, 0.15) is 46.0 Å². The number of amides is 2. The molecule has 2 fully saturated rings. The van der Waals surface area contributed by atoms with Gasteiger partial charge in [0.1, 0.15) is 11.2 Å². The lowest BCUT2D eigenvalue weighted by molar-refractivity contribution is -0.149. The molecule has 1 saturated carbocycles. The van der Waals surface area contributed by atoms with Gasteiger partial charge in [-0.25, -0.2) is 0 Å². The predicted molar refractivity (Wildman–Crippen MR) is 111 cm³/mol. The van der Waals surface area contributed by atoms with E-state index in [4.69, 9.17) is 4.74 Å². The maximum absolute atomic E-state index is 13.1. The largest absolute Gasteiger partial charge is 0.495 e. The monoisotopic (exact) mass is 387 g/mol. The van der Waals surface area contributed by atoms with Crippen LogP contribution in [0.4, 0.5) is 5.69 Å². The number of hydrogen-bond acceptors (Lipinski definition) is 4. The Morgan fingerprint density at radius 2 is 1.68 bits per heavy atom. The predicted octanol–water partition coefficient (Wildman–Crippen LogP) is 2.82. The molecular formula is C22H33N3O3. The molecule has 0 aromatic heterocycles. The summed E-state index contributed by atoms with van der Waals surface area (Å²) in [7, 11) is 1.67. The van der Waals surface area contributed by atoms with Gasteiger partial charge >= 0.3 is 0 Å². The Balaban J connectivity index is 1.58. The van der Waals surface area contributed by atoms with E-state index in [1.54, 1.807) is 21.0 Å². The Morgan fingerprint density at radius 3 is 2.32 bits per heavy atom. The molecule has 1 saturated heterocycles. The molecule has 0 atom stereocenters. The zero-order valence-corrected chi connectivity index (χ0v) is 17.4. The first-order chi connectivity index (χ1) is 13.4. The SMILES string of the molecule is COc1ccccc1N1CCN(C(=O)C(C)(C)C(=O)NC2CCCCC2)CC1. The molecule has 1 aromatic carbocycles. The zero-order valence-electron chi connectivity index (χ0n) is 17.4. The van der Waals surface area contributed by atoms with Gasteiger partial charge < -0.3 is 19.9 Å². The zero-order chi connectivity index (χ0) is 20.1. The number of para-hydroxylation sites is 2. The normalized spacial score (nSPS) is 18.7. The van der Waals surface area contributed by atoms with E-state index in [0.717, 1.165) is 50.2 Å². The molecule has 0 spiro atoms. The van der Waals surface area contributed by atoms with Gasteiger partial charge in [0.15, 0.2) is 0 Å². The van der Waals surface area contributed by atoms with E-state index in [9.17, 15) is 9.59 Å². The number of carbonyl (C=O) groups excluding carboxylic acids is 2. The molecule has 1 aliphatic carbocycles. The number of piperazine rings is 1. The standard InChI is InChI=1S/C22H33N3O3/c1-22(2,20(26)23-17-9-5-4-6-10-17)21(27)25-15-13-24(14-16-25)18-11-7-8-12-19(18)28-3/h7-8,11-12,17H,4-6,9-10,13-16H2,1-3H3,(H,23,26). The van der Waals surface area contributed by atoms with Gasteiger partial charge in [-0.2, -0.15) is 0 Å². The summed E-state index contributed by atoms with van der Waals surface area (Å²) >= 11 is 0. The highest BCUT2D eigenvalue weighted by Crippen LogP contribution is 2.29. The fourth-order valence-electron chi connectivity index (χ4n) is 4.15. The van der Waals surface area contributed by atoms with Gasteiger partial charge in [-0.05, 0) is 38.8 Å².